The Hall–Kier alpha value is -3.21. The Balaban J connectivity index is 1.58. The minimum Gasteiger partial charge on any atom is -0.456 e. The van der Waals surface area contributed by atoms with Gasteiger partial charge in [-0.2, -0.15) is 0 Å². The van der Waals surface area contributed by atoms with Crippen molar-refractivity contribution < 1.29 is 9.53 Å². The lowest BCUT2D eigenvalue weighted by Gasteiger charge is -2.17. The Morgan fingerprint density at radius 1 is 1.00 bits per heavy atom. The molecule has 2 heterocycles. The van der Waals surface area contributed by atoms with E-state index >= 15 is 0 Å². The minimum atomic E-state index is -0.0242. The van der Waals surface area contributed by atoms with Crippen LogP contribution < -0.4 is 4.74 Å². The van der Waals surface area contributed by atoms with E-state index in [0.717, 1.165) is 12.1 Å². The monoisotopic (exact) mass is 333 g/mol. The van der Waals surface area contributed by atoms with E-state index in [1.807, 2.05) is 30.3 Å². The van der Waals surface area contributed by atoms with E-state index in [4.69, 9.17) is 4.74 Å². The van der Waals surface area contributed by atoms with Crippen molar-refractivity contribution in [2.24, 2.45) is 0 Å². The van der Waals surface area contributed by atoms with Crippen LogP contribution in [0.4, 0.5) is 0 Å². The predicted molar refractivity (Wildman–Crippen MR) is 95.7 cm³/mol. The average molecular weight is 333 g/mol. The van der Waals surface area contributed by atoms with Crippen LogP contribution in [0.15, 0.2) is 73.2 Å². The molecule has 0 radical (unpaired) electrons. The molecule has 5 nitrogen and oxygen atoms in total. The Morgan fingerprint density at radius 2 is 1.84 bits per heavy atom. The molecule has 5 heteroatoms. The lowest BCUT2D eigenvalue weighted by atomic mass is 10.2. The molecule has 0 saturated carbocycles. The summed E-state index contributed by atoms with van der Waals surface area (Å²) in [4.78, 5) is 22.5. The molecule has 0 fully saturated rings. The Kier molecular flexibility index (Phi) is 5.36. The first kappa shape index (κ1) is 16.6. The Morgan fingerprint density at radius 3 is 2.52 bits per heavy atom. The van der Waals surface area contributed by atoms with Gasteiger partial charge in [-0.05, 0) is 48.5 Å². The maximum Gasteiger partial charge on any atom is 0.253 e. The van der Waals surface area contributed by atoms with E-state index in [1.54, 1.807) is 54.8 Å². The number of hydrogen-bond acceptors (Lipinski definition) is 4. The number of carbonyl (C=O) groups is 1. The van der Waals surface area contributed by atoms with Crippen LogP contribution in [-0.2, 0) is 6.42 Å². The molecular weight excluding hydrogens is 314 g/mol. The molecular formula is C20H19N3O2. The zero-order valence-corrected chi connectivity index (χ0v) is 14.0. The molecule has 0 spiro atoms. The second-order valence-electron chi connectivity index (χ2n) is 5.61. The van der Waals surface area contributed by atoms with Crippen molar-refractivity contribution in [2.75, 3.05) is 13.6 Å². The summed E-state index contributed by atoms with van der Waals surface area (Å²) in [6.45, 7) is 0.615. The third-order valence-corrected chi connectivity index (χ3v) is 3.75. The van der Waals surface area contributed by atoms with Gasteiger partial charge in [0.25, 0.3) is 5.91 Å². The SMILES string of the molecule is CN(CCc1ccccn1)C(=O)c1ccc(Oc2cccnc2)cc1. The van der Waals surface area contributed by atoms with Crippen molar-refractivity contribution in [1.82, 2.24) is 14.9 Å². The van der Waals surface area contributed by atoms with Gasteiger partial charge in [-0.3, -0.25) is 14.8 Å². The van der Waals surface area contributed by atoms with Crippen LogP contribution in [0.3, 0.4) is 0 Å². The van der Waals surface area contributed by atoms with Crippen molar-refractivity contribution >= 4 is 5.91 Å². The number of carbonyl (C=O) groups excluding carboxylic acids is 1. The first-order valence-corrected chi connectivity index (χ1v) is 8.06. The molecule has 0 aliphatic rings. The lowest BCUT2D eigenvalue weighted by molar-refractivity contribution is 0.0796. The fourth-order valence-electron chi connectivity index (χ4n) is 2.36. The molecule has 0 bridgehead atoms. The quantitative estimate of drug-likeness (QED) is 0.692. The summed E-state index contributed by atoms with van der Waals surface area (Å²) in [7, 11) is 1.80. The number of amides is 1. The zero-order valence-electron chi connectivity index (χ0n) is 14.0. The number of benzene rings is 1. The maximum atomic E-state index is 12.5. The first-order valence-electron chi connectivity index (χ1n) is 8.06. The van der Waals surface area contributed by atoms with E-state index in [0.29, 0.717) is 23.6 Å². The number of nitrogens with zero attached hydrogens (tertiary/aromatic N) is 3. The number of rotatable bonds is 6. The fraction of sp³-hybridized carbons (Fsp3) is 0.150. The highest BCUT2D eigenvalue weighted by Crippen LogP contribution is 2.20. The molecule has 1 amide bonds. The van der Waals surface area contributed by atoms with Crippen LogP contribution in [0.2, 0.25) is 0 Å². The average Bonchev–Trinajstić information content (AvgIpc) is 2.68. The second kappa shape index (κ2) is 8.06. The molecule has 0 atom stereocenters. The largest absolute Gasteiger partial charge is 0.456 e. The fourth-order valence-corrected chi connectivity index (χ4v) is 2.36. The third kappa shape index (κ3) is 4.64. The summed E-state index contributed by atoms with van der Waals surface area (Å²) in [5.74, 6) is 1.30. The highest BCUT2D eigenvalue weighted by atomic mass is 16.5. The van der Waals surface area contributed by atoms with Gasteiger partial charge >= 0.3 is 0 Å². The van der Waals surface area contributed by atoms with Crippen LogP contribution in [0.25, 0.3) is 0 Å². The number of pyridine rings is 2. The molecule has 25 heavy (non-hydrogen) atoms. The highest BCUT2D eigenvalue weighted by molar-refractivity contribution is 5.94. The van der Waals surface area contributed by atoms with Crippen molar-refractivity contribution in [1.29, 1.82) is 0 Å². The minimum absolute atomic E-state index is 0.0242. The summed E-state index contributed by atoms with van der Waals surface area (Å²) in [5.41, 5.74) is 1.60. The molecule has 3 rings (SSSR count). The van der Waals surface area contributed by atoms with Crippen molar-refractivity contribution in [3.63, 3.8) is 0 Å². The highest BCUT2D eigenvalue weighted by Gasteiger charge is 2.12. The molecule has 0 saturated heterocycles. The molecule has 126 valence electrons. The second-order valence-corrected chi connectivity index (χ2v) is 5.61. The molecule has 3 aromatic rings. The molecule has 0 unspecified atom stereocenters. The predicted octanol–water partition coefficient (Wildman–Crippen LogP) is 3.58. The summed E-state index contributed by atoms with van der Waals surface area (Å²) in [5, 5.41) is 0. The van der Waals surface area contributed by atoms with Gasteiger partial charge < -0.3 is 9.64 Å². The van der Waals surface area contributed by atoms with Crippen LogP contribution in [0, 0.1) is 0 Å². The van der Waals surface area contributed by atoms with Gasteiger partial charge in [0.15, 0.2) is 0 Å². The van der Waals surface area contributed by atoms with Gasteiger partial charge in [-0.25, -0.2) is 0 Å². The van der Waals surface area contributed by atoms with Crippen LogP contribution in [0.1, 0.15) is 16.1 Å². The van der Waals surface area contributed by atoms with Gasteiger partial charge in [0.05, 0.1) is 6.20 Å². The van der Waals surface area contributed by atoms with E-state index < -0.39 is 0 Å². The van der Waals surface area contributed by atoms with E-state index in [-0.39, 0.29) is 5.91 Å². The number of likely N-dealkylation sites (N-methyl/N-ethyl adjacent to an activating group) is 1. The topological polar surface area (TPSA) is 55.3 Å². The Labute approximate surface area is 146 Å². The van der Waals surface area contributed by atoms with E-state index in [1.165, 1.54) is 0 Å². The molecule has 0 aliphatic carbocycles. The van der Waals surface area contributed by atoms with Crippen molar-refractivity contribution in [2.45, 2.75) is 6.42 Å². The van der Waals surface area contributed by atoms with Gasteiger partial charge in [-0.15, -0.1) is 0 Å². The van der Waals surface area contributed by atoms with Gasteiger partial charge in [0, 0.05) is 43.7 Å². The normalized spacial score (nSPS) is 10.3. The molecule has 0 N–H and O–H groups in total. The standard InChI is InChI=1S/C20H19N3O2/c1-23(14-11-17-5-2-3-13-22-17)20(24)16-7-9-18(10-8-16)25-19-6-4-12-21-15-19/h2-10,12-13,15H,11,14H2,1H3. The van der Waals surface area contributed by atoms with Gasteiger partial charge in [0.2, 0.25) is 0 Å². The third-order valence-electron chi connectivity index (χ3n) is 3.75. The van der Waals surface area contributed by atoms with Crippen molar-refractivity contribution in [3.8, 4) is 11.5 Å². The number of hydrogen-bond donors (Lipinski definition) is 0. The van der Waals surface area contributed by atoms with E-state index in [9.17, 15) is 4.79 Å². The maximum absolute atomic E-state index is 12.5. The summed E-state index contributed by atoms with van der Waals surface area (Å²) in [6, 6.07) is 16.5. The molecule has 2 aromatic heterocycles. The summed E-state index contributed by atoms with van der Waals surface area (Å²) < 4.78 is 5.68. The number of aromatic nitrogens is 2. The Bertz CT molecular complexity index is 805. The summed E-state index contributed by atoms with van der Waals surface area (Å²) in [6.07, 6.45) is 5.82. The number of ether oxygens (including phenoxy) is 1. The summed E-state index contributed by atoms with van der Waals surface area (Å²) >= 11 is 0. The van der Waals surface area contributed by atoms with E-state index in [2.05, 4.69) is 9.97 Å². The molecule has 0 aliphatic heterocycles. The van der Waals surface area contributed by atoms with Gasteiger partial charge in [0.1, 0.15) is 11.5 Å². The van der Waals surface area contributed by atoms with Crippen LogP contribution in [-0.4, -0.2) is 34.4 Å². The lowest BCUT2D eigenvalue weighted by Crippen LogP contribution is -2.28. The van der Waals surface area contributed by atoms with Gasteiger partial charge in [-0.1, -0.05) is 6.07 Å². The zero-order chi connectivity index (χ0) is 17.5. The smallest absolute Gasteiger partial charge is 0.253 e. The van der Waals surface area contributed by atoms with Crippen LogP contribution in [0.5, 0.6) is 11.5 Å². The van der Waals surface area contributed by atoms with Crippen molar-refractivity contribution in [3.05, 3.63) is 84.4 Å². The first-order chi connectivity index (χ1) is 12.2. The molecule has 1 aromatic carbocycles. The van der Waals surface area contributed by atoms with Crippen LogP contribution >= 0.6 is 0 Å².